The predicted molar refractivity (Wildman–Crippen MR) is 170 cm³/mol. The molecule has 2 aromatic carbocycles. The number of terminal acetylenes is 1. The van der Waals surface area contributed by atoms with Gasteiger partial charge in [0.2, 0.25) is 5.88 Å². The predicted octanol–water partition coefficient (Wildman–Crippen LogP) is 5.40. The van der Waals surface area contributed by atoms with Crippen molar-refractivity contribution in [3.8, 4) is 35.5 Å². The average Bonchev–Trinajstić information content (AvgIpc) is 3.56. The van der Waals surface area contributed by atoms with Crippen LogP contribution in [-0.2, 0) is 0 Å². The maximum Gasteiger partial charge on any atom is 0.319 e. The van der Waals surface area contributed by atoms with Crippen molar-refractivity contribution in [1.82, 2.24) is 25.2 Å². The van der Waals surface area contributed by atoms with Crippen LogP contribution in [0.15, 0.2) is 30.3 Å². The van der Waals surface area contributed by atoms with E-state index in [1.54, 1.807) is 24.3 Å². The summed E-state index contributed by atoms with van der Waals surface area (Å²) in [5, 5.41) is 4.98. The molecule has 6 heterocycles. The minimum atomic E-state index is -0.913. The largest absolute Gasteiger partial charge is 0.472 e. The van der Waals surface area contributed by atoms with Crippen molar-refractivity contribution >= 4 is 27.5 Å². The van der Waals surface area contributed by atoms with Crippen LogP contribution >= 0.6 is 0 Å². The molecule has 11 heteroatoms. The summed E-state index contributed by atoms with van der Waals surface area (Å²) in [6.45, 7) is 6.75. The van der Waals surface area contributed by atoms with E-state index in [2.05, 4.69) is 32.9 Å². The second-order valence-electron chi connectivity index (χ2n) is 13.0. The number of halogens is 3. The molecule has 8 rings (SSSR count). The number of hydrogen-bond donors (Lipinski definition) is 1. The maximum absolute atomic E-state index is 17.0. The fraction of sp³-hybridized carbons (Fsp3) is 0.457. The average molecular weight is 629 g/mol. The van der Waals surface area contributed by atoms with Gasteiger partial charge < -0.3 is 19.7 Å². The van der Waals surface area contributed by atoms with E-state index in [-0.39, 0.29) is 53.5 Å². The van der Waals surface area contributed by atoms with E-state index in [9.17, 15) is 8.78 Å². The number of rotatable bonds is 5. The van der Waals surface area contributed by atoms with Gasteiger partial charge in [0.05, 0.1) is 17.1 Å². The summed E-state index contributed by atoms with van der Waals surface area (Å²) in [7, 11) is 0. The second-order valence-corrected chi connectivity index (χ2v) is 13.0. The van der Waals surface area contributed by atoms with Gasteiger partial charge in [0.1, 0.15) is 47.1 Å². The van der Waals surface area contributed by atoms with Crippen LogP contribution in [0.1, 0.15) is 45.1 Å². The van der Waals surface area contributed by atoms with Crippen molar-refractivity contribution in [2.24, 2.45) is 0 Å². The molecule has 0 bridgehead atoms. The van der Waals surface area contributed by atoms with Crippen LogP contribution in [0.5, 0.6) is 11.9 Å². The van der Waals surface area contributed by atoms with Crippen LogP contribution < -0.4 is 19.7 Å². The Balaban J connectivity index is 1.33. The number of aromatic nitrogens is 3. The Kier molecular flexibility index (Phi) is 6.99. The highest BCUT2D eigenvalue weighted by Gasteiger charge is 2.49. The molecule has 0 radical (unpaired) electrons. The van der Waals surface area contributed by atoms with Gasteiger partial charge in [-0.05, 0) is 44.2 Å². The highest BCUT2D eigenvalue weighted by Crippen LogP contribution is 2.44. The highest BCUT2D eigenvalue weighted by molar-refractivity contribution is 6.03. The number of ether oxygens (including phenoxy) is 2. The van der Waals surface area contributed by atoms with E-state index >= 15 is 4.39 Å². The lowest BCUT2D eigenvalue weighted by atomic mass is 9.95. The number of piperazine rings is 1. The van der Waals surface area contributed by atoms with Gasteiger partial charge >= 0.3 is 6.01 Å². The third-order valence-electron chi connectivity index (χ3n) is 10.4. The molecule has 0 amide bonds. The molecular weight excluding hydrogens is 593 g/mol. The van der Waals surface area contributed by atoms with Crippen molar-refractivity contribution < 1.29 is 22.6 Å². The van der Waals surface area contributed by atoms with Gasteiger partial charge in [-0.3, -0.25) is 4.90 Å². The third-order valence-corrected chi connectivity index (χ3v) is 10.4. The molecule has 238 valence electrons. The van der Waals surface area contributed by atoms with Gasteiger partial charge in [0.15, 0.2) is 5.82 Å². The van der Waals surface area contributed by atoms with E-state index in [1.807, 2.05) is 6.92 Å². The first-order valence-electron chi connectivity index (χ1n) is 16.1. The van der Waals surface area contributed by atoms with Crippen molar-refractivity contribution in [2.45, 2.75) is 69.4 Å². The van der Waals surface area contributed by atoms with Crippen molar-refractivity contribution in [3.05, 3.63) is 47.5 Å². The molecule has 8 nitrogen and oxygen atoms in total. The zero-order chi connectivity index (χ0) is 31.7. The molecule has 0 saturated carbocycles. The van der Waals surface area contributed by atoms with Crippen molar-refractivity contribution in [2.75, 3.05) is 37.7 Å². The SMILES string of the molecule is C#Cc1c(F)ccc2cccc(-c3nc4c5c(nc(OC[C@@]67CCCN6C[C@H](F)C7)nc5c3F)N3C[C@@H](CC)NC[C@H]3[C@H](C)O4)c12. The number of fused-ring (bicyclic) bond motifs is 4. The Morgan fingerprint density at radius 2 is 2.02 bits per heavy atom. The van der Waals surface area contributed by atoms with Gasteiger partial charge in [-0.25, -0.2) is 18.2 Å². The topological polar surface area (TPSA) is 75.6 Å². The zero-order valence-corrected chi connectivity index (χ0v) is 25.8. The molecule has 5 atom stereocenters. The van der Waals surface area contributed by atoms with E-state index in [1.165, 1.54) is 6.07 Å². The summed E-state index contributed by atoms with van der Waals surface area (Å²) >= 11 is 0. The molecule has 0 aliphatic carbocycles. The molecule has 3 saturated heterocycles. The number of nitrogens with one attached hydrogen (secondary N) is 1. The van der Waals surface area contributed by atoms with Crippen LogP contribution in [0.4, 0.5) is 19.0 Å². The molecule has 1 N–H and O–H groups in total. The van der Waals surface area contributed by atoms with Crippen LogP contribution in [-0.4, -0.2) is 82.5 Å². The van der Waals surface area contributed by atoms with Crippen molar-refractivity contribution in [1.29, 1.82) is 0 Å². The number of anilines is 1. The lowest BCUT2D eigenvalue weighted by Crippen LogP contribution is -2.60. The summed E-state index contributed by atoms with van der Waals surface area (Å²) in [4.78, 5) is 18.6. The summed E-state index contributed by atoms with van der Waals surface area (Å²) < 4.78 is 59.3. The molecule has 46 heavy (non-hydrogen) atoms. The van der Waals surface area contributed by atoms with Gasteiger partial charge in [0.25, 0.3) is 0 Å². The summed E-state index contributed by atoms with van der Waals surface area (Å²) in [5.41, 5.74) is -0.140. The minimum absolute atomic E-state index is 0.00865. The molecule has 4 aromatic rings. The maximum atomic E-state index is 17.0. The van der Waals surface area contributed by atoms with Crippen molar-refractivity contribution in [3.63, 3.8) is 0 Å². The Bertz CT molecular complexity index is 1920. The molecular formula is C35H35F3N6O2. The Morgan fingerprint density at radius 1 is 1.15 bits per heavy atom. The molecule has 0 unspecified atom stereocenters. The van der Waals surface area contributed by atoms with Gasteiger partial charge in [-0.2, -0.15) is 9.97 Å². The van der Waals surface area contributed by atoms with Gasteiger partial charge in [0, 0.05) is 43.0 Å². The quantitative estimate of drug-likeness (QED) is 0.295. The lowest BCUT2D eigenvalue weighted by Gasteiger charge is -2.42. The van der Waals surface area contributed by atoms with Gasteiger partial charge in [-0.15, -0.1) is 6.42 Å². The van der Waals surface area contributed by atoms with E-state index < -0.39 is 23.3 Å². The lowest BCUT2D eigenvalue weighted by molar-refractivity contribution is 0.107. The number of alkyl halides is 1. The number of benzene rings is 2. The fourth-order valence-electron chi connectivity index (χ4n) is 8.01. The minimum Gasteiger partial charge on any atom is -0.472 e. The molecule has 3 fully saturated rings. The van der Waals surface area contributed by atoms with E-state index in [4.69, 9.17) is 25.9 Å². The Labute approximate surface area is 265 Å². The second kappa shape index (κ2) is 11.0. The summed E-state index contributed by atoms with van der Waals surface area (Å²) in [6, 6.07) is 8.22. The molecule has 4 aliphatic rings. The monoisotopic (exact) mass is 628 g/mol. The highest BCUT2D eigenvalue weighted by atomic mass is 19.1. The summed E-state index contributed by atoms with van der Waals surface area (Å²) in [6.07, 6.45) is 7.57. The molecule has 0 spiro atoms. The third kappa shape index (κ3) is 4.48. The zero-order valence-electron chi connectivity index (χ0n) is 25.8. The normalized spacial score (nSPS) is 27.3. The molecule has 2 aromatic heterocycles. The standard InChI is InChI=1S/C35H35F3N6O2/c1-4-22-17-44-26(15-39-22)19(3)46-33-28-31(41-34(42-32(28)44)45-18-35-12-7-13-43(35)16-21(36)14-35)29(38)30(40-33)24-9-6-8-20-10-11-25(37)23(5-2)27(20)24/h2,6,8-11,19,21-22,26,39H,4,7,12-18H2,1,3H3/t19-,21+,22+,26-,35-/m0/s1. The van der Waals surface area contributed by atoms with Crippen LogP contribution in [0, 0.1) is 24.0 Å². The fourth-order valence-corrected chi connectivity index (χ4v) is 8.01. The smallest absolute Gasteiger partial charge is 0.319 e. The van der Waals surface area contributed by atoms with Crippen LogP contribution in [0.2, 0.25) is 0 Å². The van der Waals surface area contributed by atoms with Gasteiger partial charge in [-0.1, -0.05) is 37.1 Å². The summed E-state index contributed by atoms with van der Waals surface area (Å²) in [5.74, 6) is 1.83. The first-order valence-corrected chi connectivity index (χ1v) is 16.1. The first kappa shape index (κ1) is 29.3. The number of pyridine rings is 1. The van der Waals surface area contributed by atoms with Crippen LogP contribution in [0.3, 0.4) is 0 Å². The number of nitrogens with zero attached hydrogens (tertiary/aromatic N) is 5. The Morgan fingerprint density at radius 3 is 2.85 bits per heavy atom. The van der Waals surface area contributed by atoms with E-state index in [0.29, 0.717) is 53.6 Å². The van der Waals surface area contributed by atoms with Crippen LogP contribution in [0.25, 0.3) is 32.9 Å². The Hall–Kier alpha value is -4.14. The molecule has 4 aliphatic heterocycles. The number of hydrogen-bond acceptors (Lipinski definition) is 8. The van der Waals surface area contributed by atoms with E-state index in [0.717, 1.165) is 25.8 Å². The first-order chi connectivity index (χ1) is 22.3.